The molecule has 0 aromatic rings. The fraction of sp³-hybridized carbons (Fsp3) is 0.875. The van der Waals surface area contributed by atoms with Crippen LogP contribution in [-0.2, 0) is 9.59 Å². The highest BCUT2D eigenvalue weighted by Gasteiger charge is 2.49. The number of unbranched alkanes of at least 4 members (excludes halogenated alkanes) is 5. The standard InChI is InChI=1S/C16H30N2O2/c1-6-7-8-9-10-11-12-18-13(19)15(2,3)17-16(4,5)14(18)20/h17H,6-12H2,1-5H3. The highest BCUT2D eigenvalue weighted by molar-refractivity contribution is 6.06. The Morgan fingerprint density at radius 2 is 1.30 bits per heavy atom. The second-order valence-electron chi connectivity index (χ2n) is 6.90. The Bertz CT molecular complexity index is 335. The molecule has 1 aliphatic rings. The summed E-state index contributed by atoms with van der Waals surface area (Å²) in [7, 11) is 0. The molecule has 1 fully saturated rings. The Morgan fingerprint density at radius 1 is 0.850 bits per heavy atom. The van der Waals surface area contributed by atoms with E-state index in [1.165, 1.54) is 30.6 Å². The number of amides is 2. The normalized spacial score (nSPS) is 21.4. The van der Waals surface area contributed by atoms with E-state index in [0.29, 0.717) is 6.54 Å². The second-order valence-corrected chi connectivity index (χ2v) is 6.90. The fourth-order valence-corrected chi connectivity index (χ4v) is 2.91. The Balaban J connectivity index is 2.53. The smallest absolute Gasteiger partial charge is 0.248 e. The summed E-state index contributed by atoms with van der Waals surface area (Å²) in [6.45, 7) is 10.1. The molecule has 1 saturated heterocycles. The maximum Gasteiger partial charge on any atom is 0.248 e. The van der Waals surface area contributed by atoms with Gasteiger partial charge in [-0.3, -0.25) is 19.8 Å². The molecular weight excluding hydrogens is 252 g/mol. The minimum absolute atomic E-state index is 0.101. The summed E-state index contributed by atoms with van der Waals surface area (Å²) in [6.07, 6.45) is 6.94. The van der Waals surface area contributed by atoms with E-state index < -0.39 is 11.1 Å². The minimum atomic E-state index is -0.667. The van der Waals surface area contributed by atoms with Gasteiger partial charge in [0.1, 0.15) is 0 Å². The van der Waals surface area contributed by atoms with Crippen LogP contribution in [0.4, 0.5) is 0 Å². The minimum Gasteiger partial charge on any atom is -0.290 e. The first-order valence-electron chi connectivity index (χ1n) is 7.88. The average molecular weight is 282 g/mol. The molecule has 2 amide bonds. The van der Waals surface area contributed by atoms with Gasteiger partial charge < -0.3 is 0 Å². The van der Waals surface area contributed by atoms with Gasteiger partial charge in [0.25, 0.3) is 0 Å². The van der Waals surface area contributed by atoms with E-state index >= 15 is 0 Å². The van der Waals surface area contributed by atoms with Crippen molar-refractivity contribution in [1.82, 2.24) is 10.2 Å². The molecule has 1 heterocycles. The molecule has 116 valence electrons. The number of nitrogens with one attached hydrogen (secondary N) is 1. The van der Waals surface area contributed by atoms with Crippen molar-refractivity contribution in [1.29, 1.82) is 0 Å². The Morgan fingerprint density at radius 3 is 1.80 bits per heavy atom. The van der Waals surface area contributed by atoms with Crippen LogP contribution in [0.1, 0.15) is 73.1 Å². The monoisotopic (exact) mass is 282 g/mol. The molecule has 0 aliphatic carbocycles. The van der Waals surface area contributed by atoms with Crippen molar-refractivity contribution in [2.75, 3.05) is 6.54 Å². The third kappa shape index (κ3) is 4.05. The number of imide groups is 1. The summed E-state index contributed by atoms with van der Waals surface area (Å²) in [5.74, 6) is -0.203. The lowest BCUT2D eigenvalue weighted by atomic mass is 9.89. The van der Waals surface area contributed by atoms with E-state index in [9.17, 15) is 9.59 Å². The fourth-order valence-electron chi connectivity index (χ4n) is 2.91. The molecule has 1 aliphatic heterocycles. The number of hydrogen-bond donors (Lipinski definition) is 1. The zero-order valence-electron chi connectivity index (χ0n) is 13.7. The number of carbonyl (C=O) groups is 2. The van der Waals surface area contributed by atoms with Crippen molar-refractivity contribution in [3.63, 3.8) is 0 Å². The van der Waals surface area contributed by atoms with Gasteiger partial charge in [-0.05, 0) is 34.1 Å². The molecule has 4 nitrogen and oxygen atoms in total. The molecule has 0 aromatic heterocycles. The van der Waals surface area contributed by atoms with Crippen molar-refractivity contribution in [2.24, 2.45) is 0 Å². The number of carbonyl (C=O) groups excluding carboxylic acids is 2. The average Bonchev–Trinajstić information content (AvgIpc) is 2.34. The molecule has 0 bridgehead atoms. The van der Waals surface area contributed by atoms with Crippen LogP contribution < -0.4 is 5.32 Å². The van der Waals surface area contributed by atoms with Crippen LogP contribution in [0.2, 0.25) is 0 Å². The maximum absolute atomic E-state index is 12.4. The van der Waals surface area contributed by atoms with E-state index in [2.05, 4.69) is 12.2 Å². The zero-order valence-corrected chi connectivity index (χ0v) is 13.7. The van der Waals surface area contributed by atoms with Gasteiger partial charge in [0.05, 0.1) is 11.1 Å². The largest absolute Gasteiger partial charge is 0.290 e. The number of hydrogen-bond acceptors (Lipinski definition) is 3. The van der Waals surface area contributed by atoms with Crippen molar-refractivity contribution in [2.45, 2.75) is 84.2 Å². The summed E-state index contributed by atoms with van der Waals surface area (Å²) in [6, 6.07) is 0. The topological polar surface area (TPSA) is 49.4 Å². The molecule has 0 radical (unpaired) electrons. The van der Waals surface area contributed by atoms with E-state index in [1.54, 1.807) is 0 Å². The summed E-state index contributed by atoms with van der Waals surface area (Å²) in [5, 5.41) is 3.14. The SMILES string of the molecule is CCCCCCCCN1C(=O)C(C)(C)NC(C)(C)C1=O. The molecule has 0 aromatic carbocycles. The van der Waals surface area contributed by atoms with Gasteiger partial charge in [-0.25, -0.2) is 0 Å². The maximum atomic E-state index is 12.4. The molecule has 0 saturated carbocycles. The van der Waals surface area contributed by atoms with Gasteiger partial charge in [-0.1, -0.05) is 39.0 Å². The lowest BCUT2D eigenvalue weighted by molar-refractivity contribution is -0.159. The Kier molecular flexibility index (Phi) is 5.75. The van der Waals surface area contributed by atoms with Gasteiger partial charge in [0, 0.05) is 6.54 Å². The number of rotatable bonds is 7. The molecule has 20 heavy (non-hydrogen) atoms. The molecule has 0 atom stereocenters. The van der Waals surface area contributed by atoms with Gasteiger partial charge in [-0.2, -0.15) is 0 Å². The first kappa shape index (κ1) is 17.2. The van der Waals surface area contributed by atoms with Gasteiger partial charge in [0.15, 0.2) is 0 Å². The number of piperazine rings is 1. The lowest BCUT2D eigenvalue weighted by Gasteiger charge is -2.45. The van der Waals surface area contributed by atoms with Crippen molar-refractivity contribution in [3.05, 3.63) is 0 Å². The van der Waals surface area contributed by atoms with Gasteiger partial charge in [-0.15, -0.1) is 0 Å². The molecule has 1 N–H and O–H groups in total. The highest BCUT2D eigenvalue weighted by Crippen LogP contribution is 2.24. The van der Waals surface area contributed by atoms with E-state index in [1.807, 2.05) is 27.7 Å². The van der Waals surface area contributed by atoms with Crippen LogP contribution in [0.3, 0.4) is 0 Å². The van der Waals surface area contributed by atoms with Crippen LogP contribution in [0.25, 0.3) is 0 Å². The van der Waals surface area contributed by atoms with Crippen LogP contribution in [0.15, 0.2) is 0 Å². The molecule has 0 spiro atoms. The predicted molar refractivity (Wildman–Crippen MR) is 81.4 cm³/mol. The van der Waals surface area contributed by atoms with Crippen LogP contribution >= 0.6 is 0 Å². The van der Waals surface area contributed by atoms with Crippen molar-refractivity contribution < 1.29 is 9.59 Å². The quantitative estimate of drug-likeness (QED) is 0.577. The number of nitrogens with zero attached hydrogens (tertiary/aromatic N) is 1. The predicted octanol–water partition coefficient (Wildman–Crippen LogP) is 2.86. The van der Waals surface area contributed by atoms with Gasteiger partial charge >= 0.3 is 0 Å². The molecule has 0 unspecified atom stereocenters. The molecular formula is C16H30N2O2. The van der Waals surface area contributed by atoms with E-state index in [-0.39, 0.29) is 11.8 Å². The van der Waals surface area contributed by atoms with Gasteiger partial charge in [0.2, 0.25) is 11.8 Å². The summed E-state index contributed by atoms with van der Waals surface area (Å²) < 4.78 is 0. The third-order valence-corrected chi connectivity index (χ3v) is 3.92. The third-order valence-electron chi connectivity index (χ3n) is 3.92. The van der Waals surface area contributed by atoms with Crippen LogP contribution in [0.5, 0.6) is 0 Å². The first-order chi connectivity index (χ1) is 9.22. The summed E-state index contributed by atoms with van der Waals surface area (Å²) in [4.78, 5) is 26.2. The first-order valence-corrected chi connectivity index (χ1v) is 7.88. The summed E-state index contributed by atoms with van der Waals surface area (Å²) >= 11 is 0. The highest BCUT2D eigenvalue weighted by atomic mass is 16.2. The van der Waals surface area contributed by atoms with E-state index in [4.69, 9.17) is 0 Å². The van der Waals surface area contributed by atoms with Crippen LogP contribution in [0, 0.1) is 0 Å². The molecule has 4 heteroatoms. The zero-order chi connectivity index (χ0) is 15.4. The van der Waals surface area contributed by atoms with Crippen LogP contribution in [-0.4, -0.2) is 34.3 Å². The summed E-state index contributed by atoms with van der Waals surface area (Å²) in [5.41, 5.74) is -1.33. The lowest BCUT2D eigenvalue weighted by Crippen LogP contribution is -2.72. The van der Waals surface area contributed by atoms with Crippen molar-refractivity contribution in [3.8, 4) is 0 Å². The Labute approximate surface area is 123 Å². The van der Waals surface area contributed by atoms with E-state index in [0.717, 1.165) is 12.8 Å². The Hall–Kier alpha value is -0.900. The second kappa shape index (κ2) is 6.70. The molecule has 1 rings (SSSR count). The van der Waals surface area contributed by atoms with Crippen molar-refractivity contribution >= 4 is 11.8 Å².